The summed E-state index contributed by atoms with van der Waals surface area (Å²) in [5.41, 5.74) is 1.46. The third kappa shape index (κ3) is 4.42. The van der Waals surface area contributed by atoms with Crippen molar-refractivity contribution in [3.05, 3.63) is 60.4 Å². The molecule has 2 heterocycles. The largest absolute Gasteiger partial charge is 0.486 e. The highest BCUT2D eigenvalue weighted by atomic mass is 19.4. The van der Waals surface area contributed by atoms with E-state index in [4.69, 9.17) is 4.74 Å². The van der Waals surface area contributed by atoms with Crippen LogP contribution in [0.5, 0.6) is 5.75 Å². The average molecular weight is 417 g/mol. The summed E-state index contributed by atoms with van der Waals surface area (Å²) >= 11 is 0. The van der Waals surface area contributed by atoms with E-state index in [9.17, 15) is 18.0 Å². The van der Waals surface area contributed by atoms with Crippen LogP contribution in [0.15, 0.2) is 54.6 Å². The van der Waals surface area contributed by atoms with Gasteiger partial charge in [-0.05, 0) is 37.1 Å². The van der Waals surface area contributed by atoms with Crippen LogP contribution in [0.3, 0.4) is 0 Å². The first-order valence-corrected chi connectivity index (χ1v) is 9.88. The van der Waals surface area contributed by atoms with Crippen LogP contribution in [0.25, 0.3) is 11.0 Å². The fraction of sp³-hybridized carbons (Fsp3) is 0.364. The molecule has 0 radical (unpaired) electrons. The van der Waals surface area contributed by atoms with Gasteiger partial charge in [-0.3, -0.25) is 4.79 Å². The second-order valence-electron chi connectivity index (χ2n) is 7.43. The van der Waals surface area contributed by atoms with E-state index in [1.807, 2.05) is 54.6 Å². The Hall–Kier alpha value is -3.03. The first-order valence-electron chi connectivity index (χ1n) is 9.88. The number of carbonyl (C=O) groups excluding carboxylic acids is 1. The normalized spacial score (nSPS) is 17.3. The summed E-state index contributed by atoms with van der Waals surface area (Å²) in [4.78, 5) is 18.8. The zero-order valence-corrected chi connectivity index (χ0v) is 16.3. The molecule has 1 unspecified atom stereocenters. The third-order valence-electron chi connectivity index (χ3n) is 5.38. The third-order valence-corrected chi connectivity index (χ3v) is 5.38. The van der Waals surface area contributed by atoms with Gasteiger partial charge in [-0.15, -0.1) is 0 Å². The van der Waals surface area contributed by atoms with Crippen molar-refractivity contribution in [1.29, 1.82) is 0 Å². The fourth-order valence-electron chi connectivity index (χ4n) is 3.78. The Morgan fingerprint density at radius 2 is 1.83 bits per heavy atom. The highest BCUT2D eigenvalue weighted by Gasteiger charge is 2.42. The van der Waals surface area contributed by atoms with E-state index in [2.05, 4.69) is 4.98 Å². The molecule has 1 saturated heterocycles. The number of likely N-dealkylation sites (tertiary alicyclic amines) is 1. The van der Waals surface area contributed by atoms with Crippen molar-refractivity contribution < 1.29 is 22.7 Å². The molecule has 4 rings (SSSR count). The van der Waals surface area contributed by atoms with E-state index in [0.29, 0.717) is 30.1 Å². The number of aromatic nitrogens is 2. The van der Waals surface area contributed by atoms with Crippen molar-refractivity contribution >= 4 is 16.9 Å². The quantitative estimate of drug-likeness (QED) is 0.618. The predicted molar refractivity (Wildman–Crippen MR) is 106 cm³/mol. The van der Waals surface area contributed by atoms with Crippen LogP contribution in [0, 0.1) is 5.92 Å². The smallest absolute Gasteiger partial charge is 0.393 e. The molecule has 0 N–H and O–H groups in total. The van der Waals surface area contributed by atoms with E-state index < -0.39 is 12.1 Å². The van der Waals surface area contributed by atoms with Gasteiger partial charge in [0.15, 0.2) is 0 Å². The van der Waals surface area contributed by atoms with E-state index in [1.165, 1.54) is 4.90 Å². The number of fused-ring (bicyclic) bond motifs is 1. The lowest BCUT2D eigenvalue weighted by Crippen LogP contribution is -2.45. The van der Waals surface area contributed by atoms with Crippen molar-refractivity contribution in [2.24, 2.45) is 5.92 Å². The van der Waals surface area contributed by atoms with Gasteiger partial charge in [0.2, 0.25) is 5.91 Å². The SMILES string of the molecule is O=C(Cn1c(COc2ccccc2)nc2ccccc21)N1CCCC(C(F)(F)F)C1. The van der Waals surface area contributed by atoms with Crippen molar-refractivity contribution in [2.45, 2.75) is 32.2 Å². The molecule has 5 nitrogen and oxygen atoms in total. The van der Waals surface area contributed by atoms with Crippen LogP contribution in [-0.4, -0.2) is 39.6 Å². The van der Waals surface area contributed by atoms with E-state index in [1.54, 1.807) is 4.57 Å². The van der Waals surface area contributed by atoms with Gasteiger partial charge in [-0.2, -0.15) is 13.2 Å². The Morgan fingerprint density at radius 3 is 2.60 bits per heavy atom. The van der Waals surface area contributed by atoms with Crippen LogP contribution in [0.2, 0.25) is 0 Å². The lowest BCUT2D eigenvalue weighted by Gasteiger charge is -2.34. The molecule has 0 saturated carbocycles. The van der Waals surface area contributed by atoms with Crippen molar-refractivity contribution in [3.63, 3.8) is 0 Å². The molecule has 8 heteroatoms. The topological polar surface area (TPSA) is 47.4 Å². The molecule has 1 fully saturated rings. The maximum Gasteiger partial charge on any atom is 0.393 e. The Morgan fingerprint density at radius 1 is 1.10 bits per heavy atom. The van der Waals surface area contributed by atoms with Crippen LogP contribution in [0.4, 0.5) is 13.2 Å². The maximum absolute atomic E-state index is 13.1. The number of hydrogen-bond acceptors (Lipinski definition) is 3. The van der Waals surface area contributed by atoms with Crippen molar-refractivity contribution in [3.8, 4) is 5.75 Å². The lowest BCUT2D eigenvalue weighted by atomic mass is 9.97. The van der Waals surface area contributed by atoms with Crippen molar-refractivity contribution in [1.82, 2.24) is 14.5 Å². The molecule has 1 aliphatic heterocycles. The van der Waals surface area contributed by atoms with Gasteiger partial charge in [0.05, 0.1) is 17.0 Å². The van der Waals surface area contributed by atoms with Crippen LogP contribution in [0.1, 0.15) is 18.7 Å². The first-order chi connectivity index (χ1) is 14.4. The molecule has 1 atom stereocenters. The first kappa shape index (κ1) is 20.3. The molecular weight excluding hydrogens is 395 g/mol. The number of nitrogens with zero attached hydrogens (tertiary/aromatic N) is 3. The number of benzene rings is 2. The molecule has 30 heavy (non-hydrogen) atoms. The Kier molecular flexibility index (Phi) is 5.65. The lowest BCUT2D eigenvalue weighted by molar-refractivity contribution is -0.188. The number of para-hydroxylation sites is 3. The molecular formula is C22H22F3N3O2. The summed E-state index contributed by atoms with van der Waals surface area (Å²) in [5.74, 6) is -0.576. The average Bonchev–Trinajstić information content (AvgIpc) is 3.10. The van der Waals surface area contributed by atoms with Gasteiger partial charge in [0.1, 0.15) is 24.7 Å². The highest BCUT2D eigenvalue weighted by Crippen LogP contribution is 2.33. The predicted octanol–water partition coefficient (Wildman–Crippen LogP) is 4.42. The molecule has 158 valence electrons. The number of imidazole rings is 1. The second-order valence-corrected chi connectivity index (χ2v) is 7.43. The Labute approximate surface area is 172 Å². The molecule has 0 spiro atoms. The number of carbonyl (C=O) groups is 1. The van der Waals surface area contributed by atoms with Crippen molar-refractivity contribution in [2.75, 3.05) is 13.1 Å². The minimum atomic E-state index is -4.28. The van der Waals surface area contributed by atoms with Gasteiger partial charge < -0.3 is 14.2 Å². The molecule has 1 amide bonds. The van der Waals surface area contributed by atoms with Gasteiger partial charge in [0.25, 0.3) is 0 Å². The molecule has 0 bridgehead atoms. The van der Waals surface area contributed by atoms with E-state index >= 15 is 0 Å². The summed E-state index contributed by atoms with van der Waals surface area (Å²) < 4.78 is 46.9. The summed E-state index contributed by atoms with van der Waals surface area (Å²) in [6, 6.07) is 16.6. The zero-order valence-electron chi connectivity index (χ0n) is 16.3. The summed E-state index contributed by atoms with van der Waals surface area (Å²) in [6.45, 7) is 0.133. The van der Waals surface area contributed by atoms with Gasteiger partial charge in [-0.1, -0.05) is 30.3 Å². The van der Waals surface area contributed by atoms with E-state index in [0.717, 1.165) is 5.52 Å². The maximum atomic E-state index is 13.1. The fourth-order valence-corrected chi connectivity index (χ4v) is 3.78. The molecule has 0 aliphatic carbocycles. The monoisotopic (exact) mass is 417 g/mol. The number of piperidine rings is 1. The van der Waals surface area contributed by atoms with Gasteiger partial charge in [-0.25, -0.2) is 4.98 Å². The van der Waals surface area contributed by atoms with Crippen LogP contribution < -0.4 is 4.74 Å². The molecule has 1 aromatic heterocycles. The number of rotatable bonds is 5. The second kappa shape index (κ2) is 8.38. The summed E-state index contributed by atoms with van der Waals surface area (Å²) in [7, 11) is 0. The van der Waals surface area contributed by atoms with E-state index in [-0.39, 0.29) is 32.0 Å². The standard InChI is InChI=1S/C22H22F3N3O2/c23-22(24,25)16-7-6-12-27(13-16)21(29)14-28-19-11-5-4-10-18(19)26-20(28)15-30-17-8-2-1-3-9-17/h1-5,8-11,16H,6-7,12-15H2. The number of hydrogen-bond donors (Lipinski definition) is 0. The molecule has 2 aromatic carbocycles. The highest BCUT2D eigenvalue weighted by molar-refractivity contribution is 5.81. The zero-order chi connectivity index (χ0) is 21.1. The number of ether oxygens (including phenoxy) is 1. The number of halogens is 3. The number of alkyl halides is 3. The molecule has 1 aliphatic rings. The summed E-state index contributed by atoms with van der Waals surface area (Å²) in [5, 5.41) is 0. The summed E-state index contributed by atoms with van der Waals surface area (Å²) in [6.07, 6.45) is -3.86. The minimum absolute atomic E-state index is 0.0669. The van der Waals surface area contributed by atoms with Crippen LogP contribution >= 0.6 is 0 Å². The van der Waals surface area contributed by atoms with Gasteiger partial charge >= 0.3 is 6.18 Å². The van der Waals surface area contributed by atoms with Gasteiger partial charge in [0, 0.05) is 13.1 Å². The minimum Gasteiger partial charge on any atom is -0.486 e. The van der Waals surface area contributed by atoms with Crippen LogP contribution in [-0.2, 0) is 17.9 Å². The Balaban J connectivity index is 1.54. The number of amides is 1. The Bertz CT molecular complexity index is 1020. The molecule has 3 aromatic rings.